The maximum absolute atomic E-state index is 10.7. The number of rotatable bonds is 8. The fraction of sp³-hybridized carbons (Fsp3) is 0.545. The van der Waals surface area contributed by atoms with E-state index in [1.807, 2.05) is 6.92 Å². The minimum absolute atomic E-state index is 0.251. The Labute approximate surface area is 90.2 Å². The maximum atomic E-state index is 10.7. The molecule has 0 heterocycles. The van der Waals surface area contributed by atoms with E-state index in [-0.39, 0.29) is 5.57 Å². The molecule has 1 N–H and O–H groups in total. The summed E-state index contributed by atoms with van der Waals surface area (Å²) >= 11 is 0. The second-order valence-electron chi connectivity index (χ2n) is 2.92. The van der Waals surface area contributed by atoms with Crippen LogP contribution in [0.1, 0.15) is 20.3 Å². The highest BCUT2D eigenvalue weighted by molar-refractivity contribution is 5.86. The number of ether oxygens (including phenoxy) is 2. The van der Waals surface area contributed by atoms with E-state index in [9.17, 15) is 4.79 Å². The van der Waals surface area contributed by atoms with Crippen LogP contribution in [0.5, 0.6) is 0 Å². The Morgan fingerprint density at radius 3 is 2.60 bits per heavy atom. The number of carboxylic acid groups (broad SMARTS) is 1. The molecule has 0 rings (SSSR count). The minimum atomic E-state index is -0.946. The summed E-state index contributed by atoms with van der Waals surface area (Å²) in [6, 6.07) is 0. The fourth-order valence-electron chi connectivity index (χ4n) is 0.985. The second kappa shape index (κ2) is 8.05. The highest BCUT2D eigenvalue weighted by Gasteiger charge is 2.08. The molecule has 0 spiro atoms. The molecule has 0 aromatic carbocycles. The van der Waals surface area contributed by atoms with Gasteiger partial charge in [-0.1, -0.05) is 13.0 Å². The molecule has 0 saturated carbocycles. The van der Waals surface area contributed by atoms with Gasteiger partial charge >= 0.3 is 5.97 Å². The van der Waals surface area contributed by atoms with E-state index in [2.05, 4.69) is 6.58 Å². The Hall–Kier alpha value is -1.29. The average molecular weight is 214 g/mol. The van der Waals surface area contributed by atoms with Crippen molar-refractivity contribution in [2.24, 2.45) is 0 Å². The Morgan fingerprint density at radius 1 is 1.47 bits per heavy atom. The van der Waals surface area contributed by atoms with Gasteiger partial charge in [0, 0.05) is 6.42 Å². The van der Waals surface area contributed by atoms with Crippen LogP contribution in [0.15, 0.2) is 24.0 Å². The first kappa shape index (κ1) is 13.7. The SMILES string of the molecule is C=CCOCCO/C(CC)=C(\C)C(=O)O. The van der Waals surface area contributed by atoms with Gasteiger partial charge in [-0.3, -0.25) is 0 Å². The van der Waals surface area contributed by atoms with Gasteiger partial charge in [-0.25, -0.2) is 4.79 Å². The van der Waals surface area contributed by atoms with E-state index >= 15 is 0 Å². The summed E-state index contributed by atoms with van der Waals surface area (Å²) in [6.45, 7) is 8.17. The van der Waals surface area contributed by atoms with Crippen molar-refractivity contribution in [3.8, 4) is 0 Å². The van der Waals surface area contributed by atoms with Crippen molar-refractivity contribution in [2.75, 3.05) is 19.8 Å². The Bertz CT molecular complexity index is 243. The van der Waals surface area contributed by atoms with Crippen molar-refractivity contribution < 1.29 is 19.4 Å². The maximum Gasteiger partial charge on any atom is 0.334 e. The van der Waals surface area contributed by atoms with Gasteiger partial charge in [-0.05, 0) is 6.92 Å². The van der Waals surface area contributed by atoms with Gasteiger partial charge < -0.3 is 14.6 Å². The topological polar surface area (TPSA) is 55.8 Å². The van der Waals surface area contributed by atoms with Crippen molar-refractivity contribution in [2.45, 2.75) is 20.3 Å². The van der Waals surface area contributed by atoms with Crippen molar-refractivity contribution >= 4 is 5.97 Å². The molecule has 0 unspecified atom stereocenters. The molecular weight excluding hydrogens is 196 g/mol. The predicted molar refractivity (Wildman–Crippen MR) is 57.6 cm³/mol. The summed E-state index contributed by atoms with van der Waals surface area (Å²) in [7, 11) is 0. The van der Waals surface area contributed by atoms with Gasteiger partial charge in [0.1, 0.15) is 12.4 Å². The van der Waals surface area contributed by atoms with Crippen LogP contribution in [0, 0.1) is 0 Å². The molecule has 0 aliphatic carbocycles. The highest BCUT2D eigenvalue weighted by Crippen LogP contribution is 2.10. The average Bonchev–Trinajstić information content (AvgIpc) is 2.22. The molecule has 0 aromatic rings. The standard InChI is InChI=1S/C11H18O4/c1-4-6-14-7-8-15-10(5-2)9(3)11(12)13/h4H,1,5-8H2,2-3H3,(H,12,13)/b10-9+. The van der Waals surface area contributed by atoms with Crippen LogP contribution < -0.4 is 0 Å². The number of allylic oxidation sites excluding steroid dienone is 1. The molecule has 0 saturated heterocycles. The number of aliphatic carboxylic acids is 1. The second-order valence-corrected chi connectivity index (χ2v) is 2.92. The lowest BCUT2D eigenvalue weighted by Gasteiger charge is -2.10. The molecule has 0 aromatic heterocycles. The Balaban J connectivity index is 3.95. The van der Waals surface area contributed by atoms with Gasteiger partial charge in [0.25, 0.3) is 0 Å². The van der Waals surface area contributed by atoms with Gasteiger partial charge in [-0.15, -0.1) is 6.58 Å². The minimum Gasteiger partial charge on any atom is -0.495 e. The zero-order chi connectivity index (χ0) is 11.7. The third-order valence-electron chi connectivity index (χ3n) is 1.80. The zero-order valence-corrected chi connectivity index (χ0v) is 9.28. The lowest BCUT2D eigenvalue weighted by Crippen LogP contribution is -2.08. The molecule has 0 fully saturated rings. The lowest BCUT2D eigenvalue weighted by atomic mass is 10.2. The summed E-state index contributed by atoms with van der Waals surface area (Å²) in [6.07, 6.45) is 2.22. The van der Waals surface area contributed by atoms with Crippen LogP contribution in [-0.4, -0.2) is 30.9 Å². The first-order valence-corrected chi connectivity index (χ1v) is 4.88. The molecule has 0 atom stereocenters. The van der Waals surface area contributed by atoms with E-state index < -0.39 is 5.97 Å². The van der Waals surface area contributed by atoms with Gasteiger partial charge in [-0.2, -0.15) is 0 Å². The van der Waals surface area contributed by atoms with Crippen LogP contribution in [-0.2, 0) is 14.3 Å². The molecule has 4 heteroatoms. The van der Waals surface area contributed by atoms with Gasteiger partial charge in [0.05, 0.1) is 18.8 Å². The highest BCUT2D eigenvalue weighted by atomic mass is 16.5. The first-order chi connectivity index (χ1) is 7.13. The summed E-state index contributed by atoms with van der Waals surface area (Å²) in [5, 5.41) is 8.74. The molecule has 0 amide bonds. The van der Waals surface area contributed by atoms with Crippen LogP contribution >= 0.6 is 0 Å². The smallest absolute Gasteiger partial charge is 0.334 e. The van der Waals surface area contributed by atoms with Crippen molar-refractivity contribution in [1.29, 1.82) is 0 Å². The van der Waals surface area contributed by atoms with Gasteiger partial charge in [0.15, 0.2) is 0 Å². The monoisotopic (exact) mass is 214 g/mol. The zero-order valence-electron chi connectivity index (χ0n) is 9.28. The summed E-state index contributed by atoms with van der Waals surface area (Å²) in [5.41, 5.74) is 0.251. The van der Waals surface area contributed by atoms with Crippen molar-refractivity contribution in [3.05, 3.63) is 24.0 Å². The molecule has 0 radical (unpaired) electrons. The Kier molecular flexibility index (Phi) is 7.36. The van der Waals surface area contributed by atoms with Crippen LogP contribution in [0.4, 0.5) is 0 Å². The molecule has 15 heavy (non-hydrogen) atoms. The van der Waals surface area contributed by atoms with Crippen LogP contribution in [0.25, 0.3) is 0 Å². The molecule has 0 aliphatic heterocycles. The molecular formula is C11H18O4. The summed E-state index contributed by atoms with van der Waals surface area (Å²) in [5.74, 6) is -0.441. The van der Waals surface area contributed by atoms with Crippen LogP contribution in [0.2, 0.25) is 0 Å². The predicted octanol–water partition coefficient (Wildman–Crippen LogP) is 1.97. The molecule has 0 bridgehead atoms. The van der Waals surface area contributed by atoms with E-state index in [1.165, 1.54) is 6.92 Å². The van der Waals surface area contributed by atoms with E-state index in [1.54, 1.807) is 6.08 Å². The summed E-state index contributed by atoms with van der Waals surface area (Å²) in [4.78, 5) is 10.7. The summed E-state index contributed by atoms with van der Waals surface area (Å²) < 4.78 is 10.4. The first-order valence-electron chi connectivity index (χ1n) is 4.88. The van der Waals surface area contributed by atoms with E-state index in [0.717, 1.165) is 0 Å². The molecule has 86 valence electrons. The van der Waals surface area contributed by atoms with E-state index in [0.29, 0.717) is 32.0 Å². The van der Waals surface area contributed by atoms with E-state index in [4.69, 9.17) is 14.6 Å². The Morgan fingerprint density at radius 2 is 2.13 bits per heavy atom. The quantitative estimate of drug-likeness (QED) is 0.290. The molecule has 0 aliphatic rings. The van der Waals surface area contributed by atoms with Crippen molar-refractivity contribution in [1.82, 2.24) is 0 Å². The largest absolute Gasteiger partial charge is 0.495 e. The van der Waals surface area contributed by atoms with Gasteiger partial charge in [0.2, 0.25) is 0 Å². The molecule has 4 nitrogen and oxygen atoms in total. The third kappa shape index (κ3) is 5.91. The number of carboxylic acids is 1. The number of hydrogen-bond acceptors (Lipinski definition) is 3. The van der Waals surface area contributed by atoms with Crippen molar-refractivity contribution in [3.63, 3.8) is 0 Å². The normalized spacial score (nSPS) is 11.9. The fourth-order valence-corrected chi connectivity index (χ4v) is 0.985. The number of carbonyl (C=O) groups is 1. The lowest BCUT2D eigenvalue weighted by molar-refractivity contribution is -0.132. The third-order valence-corrected chi connectivity index (χ3v) is 1.80. The number of hydrogen-bond donors (Lipinski definition) is 1. The van der Waals surface area contributed by atoms with Crippen LogP contribution in [0.3, 0.4) is 0 Å².